The molecule has 152 valence electrons. The summed E-state index contributed by atoms with van der Waals surface area (Å²) in [6, 6.07) is 13.4. The van der Waals surface area contributed by atoms with Crippen LogP contribution in [0.2, 0.25) is 5.02 Å². The highest BCUT2D eigenvalue weighted by Gasteiger charge is 2.30. The lowest BCUT2D eigenvalue weighted by atomic mass is 10.0. The minimum absolute atomic E-state index is 0.0595. The standard InChI is InChI=1S/C21H17ClN4O4/c1-30-18-8-3-2-7-14(18)17-10-16(21(28)29)25-19-15(11-23-26(17)19)20(27)24-13-6-4-5-12(22)9-13/h2-11,17,25H,1H3,(H,24,27)(H,28,29). The van der Waals surface area contributed by atoms with Crippen molar-refractivity contribution in [3.05, 3.63) is 82.7 Å². The van der Waals surface area contributed by atoms with Gasteiger partial charge in [0.2, 0.25) is 0 Å². The average molecular weight is 425 g/mol. The van der Waals surface area contributed by atoms with Gasteiger partial charge in [0.15, 0.2) is 0 Å². The SMILES string of the molecule is COc1ccccc1C1C=C(C(=O)O)Nc2c(C(=O)Nc3cccc(Cl)c3)cnn21. The van der Waals surface area contributed by atoms with Crippen LogP contribution in [0.1, 0.15) is 22.0 Å². The number of carbonyl (C=O) groups excluding carboxylic acids is 1. The number of amides is 1. The normalized spacial score (nSPS) is 14.9. The minimum Gasteiger partial charge on any atom is -0.496 e. The highest BCUT2D eigenvalue weighted by Crippen LogP contribution is 2.36. The first-order chi connectivity index (χ1) is 14.5. The van der Waals surface area contributed by atoms with Gasteiger partial charge in [-0.05, 0) is 30.3 Å². The molecule has 0 bridgehead atoms. The Bertz CT molecular complexity index is 1170. The van der Waals surface area contributed by atoms with Crippen LogP contribution in [-0.4, -0.2) is 33.9 Å². The van der Waals surface area contributed by atoms with Crippen molar-refractivity contribution in [2.24, 2.45) is 0 Å². The van der Waals surface area contributed by atoms with E-state index >= 15 is 0 Å². The van der Waals surface area contributed by atoms with Gasteiger partial charge in [0.1, 0.15) is 28.9 Å². The summed E-state index contributed by atoms with van der Waals surface area (Å²) < 4.78 is 6.98. The third kappa shape index (κ3) is 3.60. The topological polar surface area (TPSA) is 105 Å². The number of hydrogen-bond acceptors (Lipinski definition) is 5. The van der Waals surface area contributed by atoms with Crippen molar-refractivity contribution in [1.29, 1.82) is 0 Å². The summed E-state index contributed by atoms with van der Waals surface area (Å²) in [5, 5.41) is 19.9. The monoisotopic (exact) mass is 424 g/mol. The molecule has 0 saturated carbocycles. The molecule has 0 radical (unpaired) electrons. The van der Waals surface area contributed by atoms with E-state index in [-0.39, 0.29) is 17.1 Å². The smallest absolute Gasteiger partial charge is 0.352 e. The van der Waals surface area contributed by atoms with Crippen molar-refractivity contribution < 1.29 is 19.4 Å². The number of nitrogens with zero attached hydrogens (tertiary/aromatic N) is 2. The molecule has 4 rings (SSSR count). The molecular weight excluding hydrogens is 408 g/mol. The second kappa shape index (κ2) is 7.92. The van der Waals surface area contributed by atoms with Gasteiger partial charge in [0, 0.05) is 16.3 Å². The number of halogens is 1. The molecule has 1 unspecified atom stereocenters. The fourth-order valence-electron chi connectivity index (χ4n) is 3.28. The summed E-state index contributed by atoms with van der Waals surface area (Å²) in [5.74, 6) is -0.748. The van der Waals surface area contributed by atoms with Crippen LogP contribution in [0.4, 0.5) is 11.5 Å². The molecule has 1 aromatic heterocycles. The number of anilines is 2. The van der Waals surface area contributed by atoms with Crippen molar-refractivity contribution >= 4 is 35.0 Å². The lowest BCUT2D eigenvalue weighted by Crippen LogP contribution is -2.26. The summed E-state index contributed by atoms with van der Waals surface area (Å²) in [6.45, 7) is 0. The van der Waals surface area contributed by atoms with Crippen LogP contribution in [0.5, 0.6) is 5.75 Å². The number of ether oxygens (including phenoxy) is 1. The molecule has 0 saturated heterocycles. The zero-order chi connectivity index (χ0) is 21.3. The maximum atomic E-state index is 12.9. The van der Waals surface area contributed by atoms with Gasteiger partial charge in [0.05, 0.1) is 13.3 Å². The van der Waals surface area contributed by atoms with E-state index < -0.39 is 17.9 Å². The summed E-state index contributed by atoms with van der Waals surface area (Å²) >= 11 is 5.97. The predicted molar refractivity (Wildman–Crippen MR) is 112 cm³/mol. The molecule has 30 heavy (non-hydrogen) atoms. The number of benzene rings is 2. The quantitative estimate of drug-likeness (QED) is 0.575. The lowest BCUT2D eigenvalue weighted by Gasteiger charge is -2.25. The van der Waals surface area contributed by atoms with Crippen LogP contribution in [0.3, 0.4) is 0 Å². The molecule has 0 fully saturated rings. The first-order valence-corrected chi connectivity index (χ1v) is 9.35. The zero-order valence-corrected chi connectivity index (χ0v) is 16.6. The summed E-state index contributed by atoms with van der Waals surface area (Å²) in [6.07, 6.45) is 2.92. The van der Waals surface area contributed by atoms with E-state index in [2.05, 4.69) is 15.7 Å². The number of nitrogens with one attached hydrogen (secondary N) is 2. The van der Waals surface area contributed by atoms with Crippen molar-refractivity contribution in [1.82, 2.24) is 9.78 Å². The molecule has 9 heteroatoms. The molecule has 8 nitrogen and oxygen atoms in total. The molecule has 2 heterocycles. The number of aromatic nitrogens is 2. The van der Waals surface area contributed by atoms with E-state index in [1.54, 1.807) is 35.0 Å². The highest BCUT2D eigenvalue weighted by molar-refractivity contribution is 6.31. The maximum absolute atomic E-state index is 12.9. The van der Waals surface area contributed by atoms with E-state index in [1.165, 1.54) is 19.4 Å². The van der Waals surface area contributed by atoms with Crippen molar-refractivity contribution in [3.8, 4) is 5.75 Å². The van der Waals surface area contributed by atoms with Crippen LogP contribution < -0.4 is 15.4 Å². The van der Waals surface area contributed by atoms with Gasteiger partial charge in [0.25, 0.3) is 5.91 Å². The number of methoxy groups -OCH3 is 1. The molecular formula is C21H17ClN4O4. The summed E-state index contributed by atoms with van der Waals surface area (Å²) in [4.78, 5) is 24.6. The zero-order valence-electron chi connectivity index (χ0n) is 15.8. The Morgan fingerprint density at radius 3 is 2.77 bits per heavy atom. The Balaban J connectivity index is 1.75. The number of carbonyl (C=O) groups is 2. The van der Waals surface area contributed by atoms with Crippen molar-refractivity contribution in [3.63, 3.8) is 0 Å². The molecule has 1 amide bonds. The van der Waals surface area contributed by atoms with Crippen molar-refractivity contribution in [2.45, 2.75) is 6.04 Å². The molecule has 3 aromatic rings. The average Bonchev–Trinajstić information content (AvgIpc) is 3.17. The predicted octanol–water partition coefficient (Wildman–Crippen LogP) is 3.78. The van der Waals surface area contributed by atoms with Gasteiger partial charge in [-0.2, -0.15) is 5.10 Å². The maximum Gasteiger partial charge on any atom is 0.352 e. The lowest BCUT2D eigenvalue weighted by molar-refractivity contribution is -0.132. The second-order valence-electron chi connectivity index (χ2n) is 6.51. The van der Waals surface area contributed by atoms with Gasteiger partial charge in [-0.15, -0.1) is 0 Å². The number of rotatable bonds is 5. The third-order valence-corrected chi connectivity index (χ3v) is 4.89. The Morgan fingerprint density at radius 1 is 1.23 bits per heavy atom. The van der Waals surface area contributed by atoms with E-state index in [0.717, 1.165) is 0 Å². The Morgan fingerprint density at radius 2 is 2.03 bits per heavy atom. The number of carboxylic acid groups (broad SMARTS) is 1. The van der Waals surface area contributed by atoms with Gasteiger partial charge in [-0.1, -0.05) is 35.9 Å². The van der Waals surface area contributed by atoms with Crippen LogP contribution >= 0.6 is 11.6 Å². The van der Waals surface area contributed by atoms with Gasteiger partial charge >= 0.3 is 5.97 Å². The number of para-hydroxylation sites is 1. The van der Waals surface area contributed by atoms with Gasteiger partial charge < -0.3 is 20.5 Å². The van der Waals surface area contributed by atoms with E-state index in [4.69, 9.17) is 16.3 Å². The Hall–Kier alpha value is -3.78. The van der Waals surface area contributed by atoms with Crippen LogP contribution in [0.15, 0.2) is 66.5 Å². The Kier molecular flexibility index (Phi) is 5.16. The second-order valence-corrected chi connectivity index (χ2v) is 6.95. The molecule has 2 aromatic carbocycles. The molecule has 0 spiro atoms. The fraction of sp³-hybridized carbons (Fsp3) is 0.0952. The first-order valence-electron chi connectivity index (χ1n) is 8.97. The number of allylic oxidation sites excluding steroid dienone is 1. The van der Waals surface area contributed by atoms with Crippen molar-refractivity contribution in [2.75, 3.05) is 17.7 Å². The van der Waals surface area contributed by atoms with Crippen LogP contribution in [0, 0.1) is 0 Å². The molecule has 0 aliphatic carbocycles. The van der Waals surface area contributed by atoms with Gasteiger partial charge in [-0.25, -0.2) is 9.48 Å². The fourth-order valence-corrected chi connectivity index (χ4v) is 3.47. The summed E-state index contributed by atoms with van der Waals surface area (Å²) in [7, 11) is 1.54. The first kappa shape index (κ1) is 19.5. The number of fused-ring (bicyclic) bond motifs is 1. The molecule has 1 aliphatic rings. The minimum atomic E-state index is -1.15. The van der Waals surface area contributed by atoms with Crippen LogP contribution in [-0.2, 0) is 4.79 Å². The van der Waals surface area contributed by atoms with E-state index in [1.807, 2.05) is 18.2 Å². The molecule has 1 aliphatic heterocycles. The largest absolute Gasteiger partial charge is 0.496 e. The highest BCUT2D eigenvalue weighted by atomic mass is 35.5. The molecule has 1 atom stereocenters. The van der Waals surface area contributed by atoms with E-state index in [0.29, 0.717) is 22.0 Å². The summed E-state index contributed by atoms with van der Waals surface area (Å²) in [5.41, 5.74) is 1.36. The Labute approximate surface area is 176 Å². The van der Waals surface area contributed by atoms with Crippen LogP contribution in [0.25, 0.3) is 0 Å². The third-order valence-electron chi connectivity index (χ3n) is 4.65. The number of aliphatic carboxylic acids is 1. The number of hydrogen-bond donors (Lipinski definition) is 3. The number of carboxylic acids is 1. The molecule has 3 N–H and O–H groups in total. The van der Waals surface area contributed by atoms with Gasteiger partial charge in [-0.3, -0.25) is 4.79 Å². The van der Waals surface area contributed by atoms with E-state index in [9.17, 15) is 14.7 Å².